The first-order valence-electron chi connectivity index (χ1n) is 7.29. The molecule has 0 radical (unpaired) electrons. The summed E-state index contributed by atoms with van der Waals surface area (Å²) in [5.74, 6) is 3.32. The molecule has 0 saturated carbocycles. The summed E-state index contributed by atoms with van der Waals surface area (Å²) in [7, 11) is 0. The summed E-state index contributed by atoms with van der Waals surface area (Å²) in [6, 6.07) is 5.52. The number of nitrogens with zero attached hydrogens (tertiary/aromatic N) is 4. The van der Waals surface area contributed by atoms with Crippen molar-refractivity contribution in [1.82, 2.24) is 20.1 Å². The summed E-state index contributed by atoms with van der Waals surface area (Å²) in [5.41, 5.74) is 0. The van der Waals surface area contributed by atoms with Gasteiger partial charge in [-0.05, 0) is 24.6 Å². The SMILES string of the molecule is c1cnc(SCc2ccc(-c3nc(C4CCOC4)no3)o2)nc1. The molecular formula is C15H14N4O3S. The molecule has 118 valence electrons. The second kappa shape index (κ2) is 6.51. The van der Waals surface area contributed by atoms with Gasteiger partial charge in [0.05, 0.1) is 12.4 Å². The predicted molar refractivity (Wildman–Crippen MR) is 81.8 cm³/mol. The molecule has 7 nitrogen and oxygen atoms in total. The Bertz CT molecular complexity index is 768. The molecule has 0 N–H and O–H groups in total. The van der Waals surface area contributed by atoms with Crippen LogP contribution in [0.5, 0.6) is 0 Å². The van der Waals surface area contributed by atoms with Gasteiger partial charge in [-0.15, -0.1) is 0 Å². The molecule has 1 unspecified atom stereocenters. The van der Waals surface area contributed by atoms with Gasteiger partial charge in [-0.25, -0.2) is 9.97 Å². The molecule has 23 heavy (non-hydrogen) atoms. The van der Waals surface area contributed by atoms with E-state index < -0.39 is 0 Å². The van der Waals surface area contributed by atoms with Gasteiger partial charge in [-0.1, -0.05) is 16.9 Å². The van der Waals surface area contributed by atoms with Gasteiger partial charge >= 0.3 is 0 Å². The Morgan fingerprint density at radius 2 is 2.13 bits per heavy atom. The third-order valence-electron chi connectivity index (χ3n) is 3.49. The molecule has 1 aliphatic heterocycles. The molecule has 3 aromatic heterocycles. The summed E-state index contributed by atoms with van der Waals surface area (Å²) in [4.78, 5) is 12.7. The lowest BCUT2D eigenvalue weighted by Gasteiger charge is -1.97. The van der Waals surface area contributed by atoms with Gasteiger partial charge in [0.15, 0.2) is 16.7 Å². The Hall–Kier alpha value is -2.19. The number of hydrogen-bond donors (Lipinski definition) is 0. The number of aromatic nitrogens is 4. The Kier molecular flexibility index (Phi) is 4.08. The van der Waals surface area contributed by atoms with Gasteiger partial charge in [-0.3, -0.25) is 0 Å². The van der Waals surface area contributed by atoms with Crippen LogP contribution in [-0.2, 0) is 10.5 Å². The summed E-state index contributed by atoms with van der Waals surface area (Å²) >= 11 is 1.51. The number of furan rings is 1. The second-order valence-electron chi connectivity index (χ2n) is 5.10. The Morgan fingerprint density at radius 3 is 2.96 bits per heavy atom. The first-order chi connectivity index (χ1) is 11.4. The van der Waals surface area contributed by atoms with Crippen molar-refractivity contribution in [3.05, 3.63) is 42.2 Å². The van der Waals surface area contributed by atoms with Gasteiger partial charge < -0.3 is 13.7 Å². The second-order valence-corrected chi connectivity index (χ2v) is 6.05. The van der Waals surface area contributed by atoms with Crippen LogP contribution in [-0.4, -0.2) is 33.3 Å². The smallest absolute Gasteiger partial charge is 0.293 e. The van der Waals surface area contributed by atoms with Crippen molar-refractivity contribution >= 4 is 11.8 Å². The van der Waals surface area contributed by atoms with Gasteiger partial charge in [0.25, 0.3) is 5.89 Å². The van der Waals surface area contributed by atoms with Crippen LogP contribution in [0.4, 0.5) is 0 Å². The van der Waals surface area contributed by atoms with E-state index in [2.05, 4.69) is 20.1 Å². The molecule has 4 heterocycles. The van der Waals surface area contributed by atoms with Crippen molar-refractivity contribution in [2.75, 3.05) is 13.2 Å². The monoisotopic (exact) mass is 330 g/mol. The van der Waals surface area contributed by atoms with Crippen LogP contribution >= 0.6 is 11.8 Å². The zero-order valence-corrected chi connectivity index (χ0v) is 13.0. The lowest BCUT2D eigenvalue weighted by molar-refractivity contribution is 0.192. The van der Waals surface area contributed by atoms with Crippen molar-refractivity contribution in [2.24, 2.45) is 0 Å². The van der Waals surface area contributed by atoms with E-state index in [1.807, 2.05) is 12.1 Å². The number of rotatable bonds is 5. The zero-order valence-electron chi connectivity index (χ0n) is 12.2. The zero-order chi connectivity index (χ0) is 15.5. The molecule has 0 bridgehead atoms. The maximum Gasteiger partial charge on any atom is 0.293 e. The lowest BCUT2D eigenvalue weighted by atomic mass is 10.1. The highest BCUT2D eigenvalue weighted by molar-refractivity contribution is 7.98. The molecule has 0 aromatic carbocycles. The Labute approximate surface area is 136 Å². The quantitative estimate of drug-likeness (QED) is 0.521. The Morgan fingerprint density at radius 1 is 1.22 bits per heavy atom. The van der Waals surface area contributed by atoms with E-state index in [4.69, 9.17) is 13.7 Å². The van der Waals surface area contributed by atoms with Crippen LogP contribution < -0.4 is 0 Å². The first kappa shape index (κ1) is 14.4. The van der Waals surface area contributed by atoms with Crippen LogP contribution in [0.2, 0.25) is 0 Å². The standard InChI is InChI=1S/C15H14N4O3S/c1-5-16-15(17-6-1)23-9-11-2-3-12(21-11)14-18-13(19-22-14)10-4-7-20-8-10/h1-3,5-6,10H,4,7-9H2. The fourth-order valence-electron chi connectivity index (χ4n) is 2.30. The molecule has 8 heteroatoms. The minimum absolute atomic E-state index is 0.215. The predicted octanol–water partition coefficient (Wildman–Crippen LogP) is 2.92. The molecular weight excluding hydrogens is 316 g/mol. The average molecular weight is 330 g/mol. The summed E-state index contributed by atoms with van der Waals surface area (Å²) in [6.45, 7) is 1.40. The van der Waals surface area contributed by atoms with Crippen LogP contribution in [0.1, 0.15) is 23.9 Å². The minimum atomic E-state index is 0.215. The third kappa shape index (κ3) is 3.27. The first-order valence-corrected chi connectivity index (χ1v) is 8.27. The van der Waals surface area contributed by atoms with E-state index in [9.17, 15) is 0 Å². The van der Waals surface area contributed by atoms with Crippen molar-refractivity contribution in [1.29, 1.82) is 0 Å². The van der Waals surface area contributed by atoms with E-state index in [1.54, 1.807) is 18.5 Å². The van der Waals surface area contributed by atoms with Crippen LogP contribution in [0, 0.1) is 0 Å². The van der Waals surface area contributed by atoms with E-state index in [1.165, 1.54) is 11.8 Å². The fraction of sp³-hybridized carbons (Fsp3) is 0.333. The largest absolute Gasteiger partial charge is 0.455 e. The van der Waals surface area contributed by atoms with Gasteiger partial charge in [-0.2, -0.15) is 4.98 Å². The molecule has 3 aromatic rings. The maximum absolute atomic E-state index is 5.76. The fourth-order valence-corrected chi connectivity index (χ4v) is 3.00. The molecule has 0 amide bonds. The molecule has 1 fully saturated rings. The normalized spacial score (nSPS) is 17.7. The van der Waals surface area contributed by atoms with Crippen molar-refractivity contribution < 1.29 is 13.7 Å². The summed E-state index contributed by atoms with van der Waals surface area (Å²) in [5, 5.41) is 4.74. The molecule has 0 aliphatic carbocycles. The van der Waals surface area contributed by atoms with Crippen LogP contribution in [0.25, 0.3) is 11.7 Å². The highest BCUT2D eigenvalue weighted by Gasteiger charge is 2.24. The van der Waals surface area contributed by atoms with E-state index in [0.29, 0.717) is 35.0 Å². The highest BCUT2D eigenvalue weighted by Crippen LogP contribution is 2.28. The van der Waals surface area contributed by atoms with E-state index in [-0.39, 0.29) is 5.92 Å². The number of thioether (sulfide) groups is 1. The van der Waals surface area contributed by atoms with Crippen LogP contribution in [0.3, 0.4) is 0 Å². The molecule has 1 aliphatic rings. The summed E-state index contributed by atoms with van der Waals surface area (Å²) < 4.78 is 16.4. The van der Waals surface area contributed by atoms with Gasteiger partial charge in [0.1, 0.15) is 5.76 Å². The molecule has 1 saturated heterocycles. The van der Waals surface area contributed by atoms with Crippen molar-refractivity contribution in [3.63, 3.8) is 0 Å². The topological polar surface area (TPSA) is 87.1 Å². The average Bonchev–Trinajstić information content (AvgIpc) is 3.33. The molecule has 4 rings (SSSR count). The lowest BCUT2D eigenvalue weighted by Crippen LogP contribution is -1.99. The van der Waals surface area contributed by atoms with Gasteiger partial charge in [0.2, 0.25) is 0 Å². The molecule has 0 spiro atoms. The summed E-state index contributed by atoms with van der Waals surface area (Å²) in [6.07, 6.45) is 4.36. The van der Waals surface area contributed by atoms with Crippen LogP contribution in [0.15, 0.2) is 44.7 Å². The van der Waals surface area contributed by atoms with Crippen molar-refractivity contribution in [2.45, 2.75) is 23.2 Å². The molecule has 1 atom stereocenters. The van der Waals surface area contributed by atoms with E-state index in [0.717, 1.165) is 18.8 Å². The highest BCUT2D eigenvalue weighted by atomic mass is 32.2. The number of hydrogen-bond acceptors (Lipinski definition) is 8. The minimum Gasteiger partial charge on any atom is -0.455 e. The number of ether oxygens (including phenoxy) is 1. The van der Waals surface area contributed by atoms with Gasteiger partial charge in [0, 0.05) is 24.9 Å². The van der Waals surface area contributed by atoms with Crippen molar-refractivity contribution in [3.8, 4) is 11.7 Å². The Balaban J connectivity index is 1.43. The maximum atomic E-state index is 5.76. The van der Waals surface area contributed by atoms with E-state index >= 15 is 0 Å². The third-order valence-corrected chi connectivity index (χ3v) is 4.39.